The third-order valence-corrected chi connectivity index (χ3v) is 3.65. The molecule has 4 heteroatoms. The number of rotatable bonds is 7. The van der Waals surface area contributed by atoms with Crippen LogP contribution in [-0.2, 0) is 0 Å². The number of carbonyl (C=O) groups is 1. The van der Waals surface area contributed by atoms with E-state index in [1.807, 2.05) is 43.5 Å². The van der Waals surface area contributed by atoms with Crippen LogP contribution in [-0.4, -0.2) is 24.0 Å². The van der Waals surface area contributed by atoms with Crippen molar-refractivity contribution in [3.63, 3.8) is 0 Å². The molecule has 1 aromatic heterocycles. The first-order valence-electron chi connectivity index (χ1n) is 8.22. The molecule has 0 fully saturated rings. The van der Waals surface area contributed by atoms with E-state index in [2.05, 4.69) is 29.0 Å². The summed E-state index contributed by atoms with van der Waals surface area (Å²) in [7, 11) is 0. The van der Waals surface area contributed by atoms with Gasteiger partial charge in [0, 0.05) is 25.0 Å². The molecule has 1 N–H and O–H groups in total. The van der Waals surface area contributed by atoms with Crippen molar-refractivity contribution in [3.05, 3.63) is 53.9 Å². The molecule has 0 spiro atoms. The van der Waals surface area contributed by atoms with E-state index < -0.39 is 0 Å². The van der Waals surface area contributed by atoms with Gasteiger partial charge in [0.15, 0.2) is 0 Å². The molecule has 0 saturated carbocycles. The lowest BCUT2D eigenvalue weighted by atomic mass is 10.2. The number of hydrogen-bond donors (Lipinski definition) is 1. The summed E-state index contributed by atoms with van der Waals surface area (Å²) >= 11 is 0. The van der Waals surface area contributed by atoms with E-state index in [4.69, 9.17) is 0 Å². The summed E-state index contributed by atoms with van der Waals surface area (Å²) in [6.07, 6.45) is 5.58. The molecule has 122 valence electrons. The van der Waals surface area contributed by atoms with Gasteiger partial charge in [0.05, 0.1) is 17.4 Å². The van der Waals surface area contributed by atoms with Gasteiger partial charge in [-0.15, -0.1) is 0 Å². The Balaban J connectivity index is 2.14. The number of aromatic nitrogens is 1. The van der Waals surface area contributed by atoms with Crippen LogP contribution in [0.1, 0.15) is 42.6 Å². The van der Waals surface area contributed by atoms with Crippen LogP contribution < -0.4 is 10.2 Å². The SMILES string of the molecule is CCCN(CCC)c1cncc(C(=O)Nc2ccc(C)cc2)c1. The summed E-state index contributed by atoms with van der Waals surface area (Å²) in [6, 6.07) is 9.70. The van der Waals surface area contributed by atoms with Crippen molar-refractivity contribution in [2.75, 3.05) is 23.3 Å². The van der Waals surface area contributed by atoms with Gasteiger partial charge in [0.25, 0.3) is 5.91 Å². The van der Waals surface area contributed by atoms with Crippen molar-refractivity contribution in [2.45, 2.75) is 33.6 Å². The van der Waals surface area contributed by atoms with Crippen LogP contribution >= 0.6 is 0 Å². The van der Waals surface area contributed by atoms with E-state index in [1.54, 1.807) is 6.20 Å². The van der Waals surface area contributed by atoms with Gasteiger partial charge in [-0.05, 0) is 38.0 Å². The maximum Gasteiger partial charge on any atom is 0.257 e. The topological polar surface area (TPSA) is 45.2 Å². The fourth-order valence-electron chi connectivity index (χ4n) is 2.47. The number of pyridine rings is 1. The van der Waals surface area contributed by atoms with Gasteiger partial charge in [-0.1, -0.05) is 31.5 Å². The van der Waals surface area contributed by atoms with Crippen molar-refractivity contribution in [3.8, 4) is 0 Å². The number of nitrogens with one attached hydrogen (secondary N) is 1. The lowest BCUT2D eigenvalue weighted by molar-refractivity contribution is 0.102. The molecule has 0 saturated heterocycles. The number of hydrogen-bond acceptors (Lipinski definition) is 3. The fourth-order valence-corrected chi connectivity index (χ4v) is 2.47. The lowest BCUT2D eigenvalue weighted by Crippen LogP contribution is -2.25. The number of nitrogens with zero attached hydrogens (tertiary/aromatic N) is 2. The molecule has 0 aliphatic carbocycles. The predicted octanol–water partition coefficient (Wildman–Crippen LogP) is 4.27. The average molecular weight is 311 g/mol. The summed E-state index contributed by atoms with van der Waals surface area (Å²) in [5.41, 5.74) is 3.55. The minimum atomic E-state index is -0.129. The van der Waals surface area contributed by atoms with Gasteiger partial charge in [-0.2, -0.15) is 0 Å². The second-order valence-corrected chi connectivity index (χ2v) is 5.74. The van der Waals surface area contributed by atoms with E-state index in [9.17, 15) is 4.79 Å². The highest BCUT2D eigenvalue weighted by atomic mass is 16.1. The summed E-state index contributed by atoms with van der Waals surface area (Å²) in [6.45, 7) is 8.28. The van der Waals surface area contributed by atoms with Gasteiger partial charge >= 0.3 is 0 Å². The predicted molar refractivity (Wildman–Crippen MR) is 96.2 cm³/mol. The van der Waals surface area contributed by atoms with Crippen LogP contribution in [0, 0.1) is 6.92 Å². The second kappa shape index (κ2) is 8.32. The zero-order valence-corrected chi connectivity index (χ0v) is 14.2. The standard InChI is InChI=1S/C19H25N3O/c1-4-10-22(11-5-2)18-12-16(13-20-14-18)19(23)21-17-8-6-15(3)7-9-17/h6-9,12-14H,4-5,10-11H2,1-3H3,(H,21,23). The summed E-state index contributed by atoms with van der Waals surface area (Å²) < 4.78 is 0. The van der Waals surface area contributed by atoms with Crippen molar-refractivity contribution in [1.82, 2.24) is 4.98 Å². The van der Waals surface area contributed by atoms with Gasteiger partial charge in [-0.3, -0.25) is 9.78 Å². The summed E-state index contributed by atoms with van der Waals surface area (Å²) in [4.78, 5) is 18.9. The minimum Gasteiger partial charge on any atom is -0.370 e. The Hall–Kier alpha value is -2.36. The highest BCUT2D eigenvalue weighted by Crippen LogP contribution is 2.17. The highest BCUT2D eigenvalue weighted by molar-refractivity contribution is 6.04. The smallest absolute Gasteiger partial charge is 0.257 e. The second-order valence-electron chi connectivity index (χ2n) is 5.74. The third kappa shape index (κ3) is 4.81. The molecule has 0 radical (unpaired) electrons. The number of amides is 1. The van der Waals surface area contributed by atoms with Crippen LogP contribution in [0.3, 0.4) is 0 Å². The van der Waals surface area contributed by atoms with E-state index >= 15 is 0 Å². The normalized spacial score (nSPS) is 10.4. The van der Waals surface area contributed by atoms with Crippen LogP contribution in [0.15, 0.2) is 42.7 Å². The Morgan fingerprint density at radius 2 is 1.74 bits per heavy atom. The molecule has 1 heterocycles. The molecule has 2 aromatic rings. The van der Waals surface area contributed by atoms with Gasteiger partial charge < -0.3 is 10.2 Å². The highest BCUT2D eigenvalue weighted by Gasteiger charge is 2.11. The van der Waals surface area contributed by atoms with Crippen molar-refractivity contribution >= 4 is 17.3 Å². The van der Waals surface area contributed by atoms with E-state index in [0.717, 1.165) is 37.3 Å². The Morgan fingerprint density at radius 3 is 2.35 bits per heavy atom. The van der Waals surface area contributed by atoms with Crippen molar-refractivity contribution < 1.29 is 4.79 Å². The molecular formula is C19H25N3O. The van der Waals surface area contributed by atoms with Gasteiger partial charge in [0.2, 0.25) is 0 Å². The third-order valence-electron chi connectivity index (χ3n) is 3.65. The zero-order chi connectivity index (χ0) is 16.7. The summed E-state index contributed by atoms with van der Waals surface area (Å²) in [5.74, 6) is -0.129. The Morgan fingerprint density at radius 1 is 1.09 bits per heavy atom. The molecule has 0 atom stereocenters. The van der Waals surface area contributed by atoms with E-state index in [-0.39, 0.29) is 5.91 Å². The first kappa shape index (κ1) is 17.0. The quantitative estimate of drug-likeness (QED) is 0.830. The summed E-state index contributed by atoms with van der Waals surface area (Å²) in [5, 5.41) is 2.92. The molecule has 0 unspecified atom stereocenters. The Labute approximate surface area is 138 Å². The monoisotopic (exact) mass is 311 g/mol. The Bertz CT molecular complexity index is 631. The lowest BCUT2D eigenvalue weighted by Gasteiger charge is -2.23. The molecule has 1 aromatic carbocycles. The molecule has 0 bridgehead atoms. The molecule has 2 rings (SSSR count). The van der Waals surface area contributed by atoms with Crippen LogP contribution in [0.2, 0.25) is 0 Å². The zero-order valence-electron chi connectivity index (χ0n) is 14.2. The van der Waals surface area contributed by atoms with Crippen LogP contribution in [0.25, 0.3) is 0 Å². The number of carbonyl (C=O) groups excluding carboxylic acids is 1. The molecule has 0 aliphatic heterocycles. The average Bonchev–Trinajstić information content (AvgIpc) is 2.57. The first-order chi connectivity index (χ1) is 11.1. The largest absolute Gasteiger partial charge is 0.370 e. The van der Waals surface area contributed by atoms with Crippen LogP contribution in [0.4, 0.5) is 11.4 Å². The van der Waals surface area contributed by atoms with E-state index in [0.29, 0.717) is 5.56 Å². The maximum absolute atomic E-state index is 12.4. The fraction of sp³-hybridized carbons (Fsp3) is 0.368. The molecule has 23 heavy (non-hydrogen) atoms. The molecule has 0 aliphatic rings. The van der Waals surface area contributed by atoms with Crippen molar-refractivity contribution in [1.29, 1.82) is 0 Å². The number of anilines is 2. The first-order valence-corrected chi connectivity index (χ1v) is 8.22. The van der Waals surface area contributed by atoms with Crippen LogP contribution in [0.5, 0.6) is 0 Å². The number of aryl methyl sites for hydroxylation is 1. The minimum absolute atomic E-state index is 0.129. The molecular weight excluding hydrogens is 286 g/mol. The Kier molecular flexibility index (Phi) is 6.15. The molecule has 4 nitrogen and oxygen atoms in total. The van der Waals surface area contributed by atoms with E-state index in [1.165, 1.54) is 5.56 Å². The van der Waals surface area contributed by atoms with Crippen molar-refractivity contribution in [2.24, 2.45) is 0 Å². The molecule has 1 amide bonds. The number of benzene rings is 1. The maximum atomic E-state index is 12.4. The van der Waals surface area contributed by atoms with Gasteiger partial charge in [-0.25, -0.2) is 0 Å². The van der Waals surface area contributed by atoms with Gasteiger partial charge in [0.1, 0.15) is 0 Å².